The quantitative estimate of drug-likeness (QED) is 0.0180. The van der Waals surface area contributed by atoms with Gasteiger partial charge in [0.25, 0.3) is 0 Å². The van der Waals surface area contributed by atoms with Crippen molar-refractivity contribution in [2.75, 3.05) is 19.7 Å². The molecule has 0 unspecified atom stereocenters. The fourth-order valence-corrected chi connectivity index (χ4v) is 9.02. The number of carboxylic acid groups (broad SMARTS) is 2. The lowest BCUT2D eigenvalue weighted by Crippen LogP contribution is -2.64. The normalized spacial score (nSPS) is 23.8. The van der Waals surface area contributed by atoms with Crippen molar-refractivity contribution in [3.05, 3.63) is 35.9 Å². The number of carboxylic acids is 2. The highest BCUT2D eigenvalue weighted by Crippen LogP contribution is 2.33. The maximum absolute atomic E-state index is 15.3. The summed E-state index contributed by atoms with van der Waals surface area (Å²) in [6.07, 6.45) is -17.8. The third-order valence-corrected chi connectivity index (χ3v) is 15.1. The van der Waals surface area contributed by atoms with Crippen LogP contribution in [0.1, 0.15) is 119 Å². The molecule has 1 heterocycles. The molecule has 36 nitrogen and oxygen atoms in total. The summed E-state index contributed by atoms with van der Waals surface area (Å²) in [5, 5.41) is 82.2. The third-order valence-electron chi connectivity index (χ3n) is 15.1. The van der Waals surface area contributed by atoms with Gasteiger partial charge in [-0.15, -0.1) is 0 Å². The van der Waals surface area contributed by atoms with Crippen molar-refractivity contribution in [2.45, 2.75) is 204 Å². The van der Waals surface area contributed by atoms with Gasteiger partial charge in [-0.25, -0.2) is 14.4 Å². The Labute approximate surface area is 580 Å². The van der Waals surface area contributed by atoms with E-state index in [1.165, 1.54) is 44.2 Å². The van der Waals surface area contributed by atoms with Crippen LogP contribution in [0.2, 0.25) is 0 Å². The summed E-state index contributed by atoms with van der Waals surface area (Å²) in [6.45, 7) is 11.7. The number of hydrogen-bond acceptors (Lipinski definition) is 21. The largest absolute Gasteiger partial charge is 0.490 e. The Bertz CT molecular complexity index is 3080. The predicted molar refractivity (Wildman–Crippen MR) is 342 cm³/mol. The van der Waals surface area contributed by atoms with E-state index in [2.05, 4.69) is 47.5 Å². The van der Waals surface area contributed by atoms with E-state index in [4.69, 9.17) is 47.5 Å². The van der Waals surface area contributed by atoms with Crippen LogP contribution < -0.4 is 76.1 Å². The molecule has 11 amide bonds. The number of rotatable bonds is 21. The molecule has 0 aromatic heterocycles. The number of cyclic esters (lactones) is 1. The molecule has 14 atom stereocenters. The molecule has 1 aliphatic heterocycles. The van der Waals surface area contributed by atoms with Crippen molar-refractivity contribution < 1.29 is 129 Å². The van der Waals surface area contributed by atoms with Crippen molar-refractivity contribution in [3.8, 4) is 0 Å². The van der Waals surface area contributed by atoms with Crippen LogP contribution in [0.15, 0.2) is 35.3 Å². The van der Waals surface area contributed by atoms with E-state index in [9.17, 15) is 99.5 Å². The Morgan fingerprint density at radius 2 is 1.15 bits per heavy atom. The van der Waals surface area contributed by atoms with Crippen LogP contribution in [0.4, 0.5) is 26.3 Å². The highest BCUT2D eigenvalue weighted by molar-refractivity contribution is 6.00. The summed E-state index contributed by atoms with van der Waals surface area (Å²) in [4.78, 5) is 191. The van der Waals surface area contributed by atoms with E-state index in [0.29, 0.717) is 12.8 Å². The zero-order valence-corrected chi connectivity index (χ0v) is 57.1. The van der Waals surface area contributed by atoms with Crippen LogP contribution in [-0.2, 0) is 71.9 Å². The van der Waals surface area contributed by atoms with Crippen molar-refractivity contribution >= 4 is 88.8 Å². The Morgan fingerprint density at radius 3 is 1.61 bits per heavy atom. The minimum absolute atomic E-state index is 0.0458. The van der Waals surface area contributed by atoms with E-state index in [-0.39, 0.29) is 62.0 Å². The Balaban J connectivity index is 0.00000334. The minimum Gasteiger partial charge on any atom is -0.475 e. The fourth-order valence-electron chi connectivity index (χ4n) is 9.02. The maximum atomic E-state index is 15.3. The number of halogens is 6. The molecule has 102 heavy (non-hydrogen) atoms. The van der Waals surface area contributed by atoms with E-state index in [1.807, 2.05) is 10.6 Å². The topological polar surface area (TPSA) is 606 Å². The molecule has 42 heteroatoms. The summed E-state index contributed by atoms with van der Waals surface area (Å²) in [6, 6.07) is -9.56. The van der Waals surface area contributed by atoms with Gasteiger partial charge in [-0.05, 0) is 74.7 Å². The number of carbonyl (C=O) groups is 14. The van der Waals surface area contributed by atoms with E-state index >= 15 is 4.79 Å². The molecule has 0 bridgehead atoms. The second-order valence-electron chi connectivity index (χ2n) is 25.0. The number of nitrogens with one attached hydrogen (secondary N) is 10. The Morgan fingerprint density at radius 1 is 0.657 bits per heavy atom. The molecule has 1 aromatic carbocycles. The van der Waals surface area contributed by atoms with Crippen molar-refractivity contribution in [1.29, 1.82) is 0 Å². The van der Waals surface area contributed by atoms with E-state index < -0.39 is 205 Å². The van der Waals surface area contributed by atoms with Gasteiger partial charge in [-0.1, -0.05) is 92.1 Å². The fraction of sp³-hybridized carbons (Fsp3) is 0.650. The number of guanidine groups is 1. The van der Waals surface area contributed by atoms with Crippen LogP contribution in [0.3, 0.4) is 0 Å². The molecule has 2 aliphatic rings. The molecule has 1 saturated carbocycles. The first-order valence-electron chi connectivity index (χ1n) is 31.7. The number of ether oxygens (including phenoxy) is 1. The summed E-state index contributed by atoms with van der Waals surface area (Å²) < 4.78 is 69.4. The van der Waals surface area contributed by atoms with Gasteiger partial charge in [0.15, 0.2) is 24.2 Å². The number of aliphatic imine (C=N–C) groups is 1. The number of esters is 1. The van der Waals surface area contributed by atoms with Gasteiger partial charge in [-0.2, -0.15) is 26.3 Å². The van der Waals surface area contributed by atoms with Gasteiger partial charge in [0.2, 0.25) is 65.0 Å². The number of primary amides is 1. The minimum atomic E-state index is -5.08. The van der Waals surface area contributed by atoms with Gasteiger partial charge < -0.3 is 111 Å². The lowest BCUT2D eigenvalue weighted by Gasteiger charge is -2.33. The van der Waals surface area contributed by atoms with Crippen molar-refractivity contribution in [3.63, 3.8) is 0 Å². The molecular weight excluding hydrogens is 1380 g/mol. The monoisotopic (exact) mass is 1470 g/mol. The number of aliphatic carboxylic acids is 2. The number of benzene rings is 1. The number of alkyl halides is 6. The lowest BCUT2D eigenvalue weighted by molar-refractivity contribution is -0.193. The molecule has 1 aromatic rings. The molecule has 2 fully saturated rings. The van der Waals surface area contributed by atoms with Crippen LogP contribution in [0, 0.1) is 23.7 Å². The van der Waals surface area contributed by atoms with Crippen LogP contribution in [0.25, 0.3) is 0 Å². The first-order chi connectivity index (χ1) is 47.0. The molecule has 1 aliphatic carbocycles. The van der Waals surface area contributed by atoms with Crippen LogP contribution in [-0.4, -0.2) is 230 Å². The lowest BCUT2D eigenvalue weighted by atomic mass is 9.95. The van der Waals surface area contributed by atoms with Gasteiger partial charge in [-0.3, -0.25) is 57.7 Å². The van der Waals surface area contributed by atoms with Crippen LogP contribution in [0.5, 0.6) is 0 Å². The number of nitrogens with zero attached hydrogens (tertiary/aromatic N) is 1. The number of carbonyl (C=O) groups excluding carboxylic acids is 12. The number of aliphatic hydroxyl groups is 4. The second-order valence-corrected chi connectivity index (χ2v) is 25.0. The standard InChI is InChI=1S/C56H91N15O17.2C2HF3O2/c1-10-28(8)36-49(82)69-37(29(9)73)48(81)62-23-35(74)67-39(42(76)44(57)77)51(84)65-34(24-72)53(86)88-43(30-15-12-11-13-16-30)40(71-47(80)33(22-26(4)5)66-54(87)56(60)18-19-56)52(85)70-38(41(75)27(6)7)50(83)64-32(21-25(2)3)46(79)63-31(45(78)68-36)17-14-20-61-55(58)59;2*3-2(4,5)1(6)7/h11-13,15-16,25-29,31-34,36-43,72-73,75-76H,10,14,17-24,60H2,1-9H3,(H2,57,77)(H,62,81)(H,63,79)(H,64,83)(H,65,84)(H,66,87)(H,67,74)(H,68,78)(H,69,82)(H,70,85)(H,71,80)(H4,58,59,61);2*(H,6,7)/t28-,29-,31+,32-,33-,34-,36-,37-,38-,39-,40-,41+,42-,43+;;/m0../s1. The molecule has 576 valence electrons. The van der Waals surface area contributed by atoms with Gasteiger partial charge in [0, 0.05) is 6.54 Å². The van der Waals surface area contributed by atoms with E-state index in [1.54, 1.807) is 41.5 Å². The highest BCUT2D eigenvalue weighted by Gasteiger charge is 2.49. The molecule has 0 radical (unpaired) electrons. The van der Waals surface area contributed by atoms with Crippen molar-refractivity contribution in [1.82, 2.24) is 53.2 Å². The average molecular weight is 1470 g/mol. The summed E-state index contributed by atoms with van der Waals surface area (Å²) >= 11 is 0. The van der Waals surface area contributed by atoms with Gasteiger partial charge in [0.05, 0.1) is 30.9 Å². The molecule has 0 spiro atoms. The Kier molecular flexibility index (Phi) is 36.7. The number of aliphatic hydroxyl groups excluding tert-OH is 4. The molecular formula is C60H93F6N15O21. The second kappa shape index (κ2) is 41.4. The van der Waals surface area contributed by atoms with Crippen LogP contribution >= 0.6 is 0 Å². The molecule has 3 rings (SSSR count). The van der Waals surface area contributed by atoms with E-state index in [0.717, 1.165) is 6.92 Å². The third kappa shape index (κ3) is 30.7. The van der Waals surface area contributed by atoms with Gasteiger partial charge >= 0.3 is 30.3 Å². The first-order valence-corrected chi connectivity index (χ1v) is 31.7. The first kappa shape index (κ1) is 90.5. The zero-order valence-electron chi connectivity index (χ0n) is 57.1. The summed E-state index contributed by atoms with van der Waals surface area (Å²) in [5.74, 6) is -22.5. The molecule has 24 N–H and O–H groups in total. The SMILES string of the molecule is CC[C@H](C)[C@@H]1NC(=O)[C@@H](CCCN=C(N)N)NC(=O)[C@H](CC(C)C)NC(=O)[C@H]([C@H](O)C(C)C)NC(=O)[C@@H](NC(=O)[C@H](CC(C)C)NC(=O)C2(N)CC2)[C@@H](c2ccccc2)OC(=O)[C@H](CO)NC(=O)[C@H]([C@H](O)C(N)=O)NC(=O)CNC(=O)[C@H]([C@H](C)O)NC1=O.O=C(O)C(F)(F)F.O=C(O)C(F)(F)F. The number of hydrogen-bond donors (Lipinski definition) is 20. The molecule has 1 saturated heterocycles. The zero-order chi connectivity index (χ0) is 78.6. The van der Waals surface area contributed by atoms with Gasteiger partial charge in [0.1, 0.15) is 48.3 Å². The summed E-state index contributed by atoms with van der Waals surface area (Å²) in [7, 11) is 0. The Hall–Kier alpha value is -9.55. The average Bonchev–Trinajstić information content (AvgIpc) is 1.57. The maximum Gasteiger partial charge on any atom is 0.490 e. The predicted octanol–water partition coefficient (Wildman–Crippen LogP) is -5.05. The smallest absolute Gasteiger partial charge is 0.475 e. The summed E-state index contributed by atoms with van der Waals surface area (Å²) in [5.41, 5.74) is 21.2. The van der Waals surface area contributed by atoms with Crippen molar-refractivity contribution in [2.24, 2.45) is 51.6 Å². The highest BCUT2D eigenvalue weighted by atomic mass is 19.4. The number of amides is 11. The number of nitrogens with two attached hydrogens (primary N) is 4.